The number of nitrogens with zero attached hydrogens (tertiary/aromatic N) is 2. The number of likely N-dealkylation sites (tertiary alicyclic amines) is 1. The van der Waals surface area contributed by atoms with Crippen molar-refractivity contribution in [3.05, 3.63) is 71.8 Å². The normalized spacial score (nSPS) is 23.5. The molecule has 0 aliphatic carbocycles. The van der Waals surface area contributed by atoms with E-state index in [1.807, 2.05) is 48.5 Å². The third-order valence-corrected chi connectivity index (χ3v) is 5.26. The molecule has 5 heteroatoms. The van der Waals surface area contributed by atoms with Crippen LogP contribution in [0.1, 0.15) is 30.0 Å². The Morgan fingerprint density at radius 3 is 2.38 bits per heavy atom. The standard InChI is InChI=1S/C21H23N3O2/c25-20-18(14-16-8-3-1-4-9-16)22-21(26)24(20)15-23-13-7-12-19(23)17-10-5-2-6-11-17/h1-6,8-11,18-19H,7,12-15H2,(H,22,26)/t18-,19-/m1/s1. The van der Waals surface area contributed by atoms with E-state index in [1.165, 1.54) is 10.5 Å². The first-order valence-electron chi connectivity index (χ1n) is 9.17. The number of carbonyl (C=O) groups excluding carboxylic acids is 2. The van der Waals surface area contributed by atoms with Crippen molar-refractivity contribution in [3.8, 4) is 0 Å². The minimum atomic E-state index is -0.470. The second-order valence-corrected chi connectivity index (χ2v) is 6.98. The quantitative estimate of drug-likeness (QED) is 0.845. The fraction of sp³-hybridized carbons (Fsp3) is 0.333. The lowest BCUT2D eigenvalue weighted by atomic mass is 10.0. The Morgan fingerprint density at radius 1 is 0.962 bits per heavy atom. The molecule has 4 rings (SSSR count). The number of hydrogen-bond donors (Lipinski definition) is 1. The van der Waals surface area contributed by atoms with Crippen LogP contribution in [0.25, 0.3) is 0 Å². The van der Waals surface area contributed by atoms with Crippen molar-refractivity contribution in [1.82, 2.24) is 15.1 Å². The molecule has 0 aromatic heterocycles. The molecule has 0 saturated carbocycles. The average molecular weight is 349 g/mol. The van der Waals surface area contributed by atoms with Gasteiger partial charge >= 0.3 is 6.03 Å². The Kier molecular flexibility index (Phi) is 4.71. The SMILES string of the molecule is O=C1N[C@H](Cc2ccccc2)C(=O)N1CN1CCC[C@@H]1c1ccccc1. The molecule has 2 aliphatic rings. The Hall–Kier alpha value is -2.66. The van der Waals surface area contributed by atoms with Gasteiger partial charge in [-0.15, -0.1) is 0 Å². The van der Waals surface area contributed by atoms with E-state index in [0.29, 0.717) is 13.1 Å². The molecule has 2 saturated heterocycles. The van der Waals surface area contributed by atoms with E-state index in [0.717, 1.165) is 24.9 Å². The van der Waals surface area contributed by atoms with Crippen molar-refractivity contribution in [3.63, 3.8) is 0 Å². The van der Waals surface area contributed by atoms with Gasteiger partial charge in [-0.25, -0.2) is 9.69 Å². The summed E-state index contributed by atoms with van der Waals surface area (Å²) in [6, 6.07) is 19.6. The van der Waals surface area contributed by atoms with E-state index < -0.39 is 6.04 Å². The van der Waals surface area contributed by atoms with Crippen molar-refractivity contribution < 1.29 is 9.59 Å². The summed E-state index contributed by atoms with van der Waals surface area (Å²) in [6.45, 7) is 1.26. The molecule has 2 aliphatic heterocycles. The highest BCUT2D eigenvalue weighted by Crippen LogP contribution is 2.32. The molecule has 0 radical (unpaired) electrons. The van der Waals surface area contributed by atoms with Crippen LogP contribution in [0.3, 0.4) is 0 Å². The van der Waals surface area contributed by atoms with E-state index in [1.54, 1.807) is 0 Å². The van der Waals surface area contributed by atoms with Crippen LogP contribution >= 0.6 is 0 Å². The summed E-state index contributed by atoms with van der Waals surface area (Å²) in [4.78, 5) is 28.8. The molecule has 2 fully saturated rings. The number of carbonyl (C=O) groups is 2. The number of nitrogens with one attached hydrogen (secondary N) is 1. The van der Waals surface area contributed by atoms with Crippen LogP contribution in [0.15, 0.2) is 60.7 Å². The summed E-state index contributed by atoms with van der Waals surface area (Å²) in [7, 11) is 0. The van der Waals surface area contributed by atoms with Crippen LogP contribution < -0.4 is 5.32 Å². The maximum atomic E-state index is 12.8. The highest BCUT2D eigenvalue weighted by atomic mass is 16.2. The van der Waals surface area contributed by atoms with Gasteiger partial charge in [0.15, 0.2) is 0 Å². The van der Waals surface area contributed by atoms with Crippen molar-refractivity contribution in [2.75, 3.05) is 13.2 Å². The first-order chi connectivity index (χ1) is 12.7. The summed E-state index contributed by atoms with van der Waals surface area (Å²) in [6.07, 6.45) is 2.67. The second kappa shape index (κ2) is 7.30. The number of urea groups is 1. The van der Waals surface area contributed by atoms with E-state index >= 15 is 0 Å². The van der Waals surface area contributed by atoms with Crippen LogP contribution in [0, 0.1) is 0 Å². The summed E-state index contributed by atoms with van der Waals surface area (Å²) in [5.74, 6) is -0.127. The van der Waals surface area contributed by atoms with Gasteiger partial charge in [0.2, 0.25) is 0 Å². The van der Waals surface area contributed by atoms with Crippen molar-refractivity contribution in [1.29, 1.82) is 0 Å². The van der Waals surface area contributed by atoms with Gasteiger partial charge in [0.05, 0.1) is 6.67 Å². The van der Waals surface area contributed by atoms with Crippen molar-refractivity contribution in [2.24, 2.45) is 0 Å². The third-order valence-electron chi connectivity index (χ3n) is 5.26. The zero-order chi connectivity index (χ0) is 17.9. The Morgan fingerprint density at radius 2 is 1.65 bits per heavy atom. The van der Waals surface area contributed by atoms with E-state index in [9.17, 15) is 9.59 Å². The van der Waals surface area contributed by atoms with Crippen LogP contribution in [-0.4, -0.2) is 41.0 Å². The fourth-order valence-corrected chi connectivity index (χ4v) is 3.93. The van der Waals surface area contributed by atoms with Gasteiger partial charge in [0.25, 0.3) is 5.91 Å². The third kappa shape index (κ3) is 3.35. The lowest BCUT2D eigenvalue weighted by molar-refractivity contribution is -0.129. The van der Waals surface area contributed by atoms with E-state index in [-0.39, 0.29) is 18.0 Å². The van der Waals surface area contributed by atoms with Gasteiger partial charge in [0.1, 0.15) is 6.04 Å². The maximum Gasteiger partial charge on any atom is 0.325 e. The summed E-state index contributed by atoms with van der Waals surface area (Å²) < 4.78 is 0. The number of hydrogen-bond acceptors (Lipinski definition) is 3. The number of amides is 3. The second-order valence-electron chi connectivity index (χ2n) is 6.98. The number of imide groups is 1. The van der Waals surface area contributed by atoms with Crippen LogP contribution in [0.2, 0.25) is 0 Å². The molecule has 2 aromatic carbocycles. The van der Waals surface area contributed by atoms with Gasteiger partial charge in [-0.2, -0.15) is 0 Å². The highest BCUT2D eigenvalue weighted by Gasteiger charge is 2.40. The van der Waals surface area contributed by atoms with E-state index in [2.05, 4.69) is 22.3 Å². The first-order valence-corrected chi connectivity index (χ1v) is 9.17. The summed E-state index contributed by atoms with van der Waals surface area (Å²) in [5, 5.41) is 2.84. The highest BCUT2D eigenvalue weighted by molar-refractivity contribution is 6.04. The maximum absolute atomic E-state index is 12.8. The number of rotatable bonds is 5. The zero-order valence-electron chi connectivity index (χ0n) is 14.7. The average Bonchev–Trinajstić information content (AvgIpc) is 3.24. The van der Waals surface area contributed by atoms with Crippen LogP contribution in [-0.2, 0) is 11.2 Å². The molecule has 134 valence electrons. The molecular weight excluding hydrogens is 326 g/mol. The molecule has 0 spiro atoms. The molecular formula is C21H23N3O2. The Balaban J connectivity index is 1.44. The zero-order valence-corrected chi connectivity index (χ0v) is 14.7. The molecule has 0 bridgehead atoms. The van der Waals surface area contributed by atoms with Gasteiger partial charge < -0.3 is 5.32 Å². The van der Waals surface area contributed by atoms with Gasteiger partial charge in [-0.3, -0.25) is 9.69 Å². The largest absolute Gasteiger partial charge is 0.325 e. The first kappa shape index (κ1) is 16.8. The molecule has 3 amide bonds. The molecule has 2 heterocycles. The van der Waals surface area contributed by atoms with Crippen molar-refractivity contribution >= 4 is 11.9 Å². The van der Waals surface area contributed by atoms with Gasteiger partial charge in [0, 0.05) is 19.0 Å². The lowest BCUT2D eigenvalue weighted by Crippen LogP contribution is -2.41. The monoisotopic (exact) mass is 349 g/mol. The lowest BCUT2D eigenvalue weighted by Gasteiger charge is -2.28. The van der Waals surface area contributed by atoms with Gasteiger partial charge in [-0.1, -0.05) is 60.7 Å². The minimum absolute atomic E-state index is 0.127. The van der Waals surface area contributed by atoms with Crippen LogP contribution in [0.4, 0.5) is 4.79 Å². The van der Waals surface area contributed by atoms with Crippen molar-refractivity contribution in [2.45, 2.75) is 31.3 Å². The van der Waals surface area contributed by atoms with E-state index in [4.69, 9.17) is 0 Å². The molecule has 1 N–H and O–H groups in total. The molecule has 26 heavy (non-hydrogen) atoms. The minimum Gasteiger partial charge on any atom is -0.325 e. The number of benzene rings is 2. The summed E-state index contributed by atoms with van der Waals surface area (Å²) in [5.41, 5.74) is 2.30. The van der Waals surface area contributed by atoms with Gasteiger partial charge in [-0.05, 0) is 24.0 Å². The Labute approximate surface area is 153 Å². The summed E-state index contributed by atoms with van der Waals surface area (Å²) >= 11 is 0. The predicted molar refractivity (Wildman–Crippen MR) is 99.3 cm³/mol. The predicted octanol–water partition coefficient (Wildman–Crippen LogP) is 2.94. The smallest absolute Gasteiger partial charge is 0.325 e. The molecule has 5 nitrogen and oxygen atoms in total. The molecule has 0 unspecified atom stereocenters. The van der Waals surface area contributed by atoms with Crippen LogP contribution in [0.5, 0.6) is 0 Å². The fourth-order valence-electron chi connectivity index (χ4n) is 3.93. The molecule has 2 aromatic rings. The molecule has 2 atom stereocenters. The topological polar surface area (TPSA) is 52.7 Å². The Bertz CT molecular complexity index is 778.